The molecule has 13 heavy (non-hydrogen) atoms. The molecule has 0 amide bonds. The number of hydrogen-bond donors (Lipinski definition) is 0. The molecule has 4 heteroatoms. The van der Waals surface area contributed by atoms with Crippen molar-refractivity contribution in [2.75, 3.05) is 7.11 Å². The highest BCUT2D eigenvalue weighted by Crippen LogP contribution is 1.99. The van der Waals surface area contributed by atoms with Gasteiger partial charge in [-0.1, -0.05) is 0 Å². The second-order valence-electron chi connectivity index (χ2n) is 2.45. The maximum absolute atomic E-state index is 10.8. The van der Waals surface area contributed by atoms with Crippen LogP contribution in [0.25, 0.3) is 0 Å². The van der Waals surface area contributed by atoms with Crippen LogP contribution < -0.4 is 0 Å². The summed E-state index contributed by atoms with van der Waals surface area (Å²) in [5.41, 5.74) is 1.09. The lowest BCUT2D eigenvalue weighted by molar-refractivity contribution is -0.139. The summed E-state index contributed by atoms with van der Waals surface area (Å²) in [6.45, 7) is 0. The van der Waals surface area contributed by atoms with Crippen molar-refractivity contribution in [2.24, 2.45) is 0 Å². The first-order chi connectivity index (χ1) is 6.26. The molecule has 0 atom stereocenters. The number of carbonyl (C=O) groups is 2. The van der Waals surface area contributed by atoms with E-state index in [-0.39, 0.29) is 12.4 Å². The number of pyridine rings is 1. The van der Waals surface area contributed by atoms with Gasteiger partial charge in [-0.15, -0.1) is 0 Å². The van der Waals surface area contributed by atoms with E-state index >= 15 is 0 Å². The van der Waals surface area contributed by atoms with Gasteiger partial charge in [0.1, 0.15) is 0 Å². The van der Waals surface area contributed by atoms with E-state index < -0.39 is 0 Å². The van der Waals surface area contributed by atoms with Crippen LogP contribution in [0.15, 0.2) is 18.3 Å². The Bertz CT molecular complexity index is 305. The van der Waals surface area contributed by atoms with Gasteiger partial charge in [-0.25, -0.2) is 0 Å². The molecule has 0 aliphatic heterocycles. The van der Waals surface area contributed by atoms with Crippen LogP contribution in [0.3, 0.4) is 0 Å². The Labute approximate surface area is 75.5 Å². The Morgan fingerprint density at radius 2 is 2.38 bits per heavy atom. The van der Waals surface area contributed by atoms with E-state index in [9.17, 15) is 9.59 Å². The third-order valence-corrected chi connectivity index (χ3v) is 1.54. The number of hydrogen-bond acceptors (Lipinski definition) is 4. The highest BCUT2D eigenvalue weighted by molar-refractivity contribution is 5.75. The molecule has 4 nitrogen and oxygen atoms in total. The topological polar surface area (TPSA) is 56.3 Å². The number of ether oxygens (including phenoxy) is 1. The molecule has 0 spiro atoms. The first-order valence-corrected chi connectivity index (χ1v) is 3.73. The van der Waals surface area contributed by atoms with E-state index in [2.05, 4.69) is 9.72 Å². The molecule has 0 radical (unpaired) electrons. The van der Waals surface area contributed by atoms with Crippen LogP contribution in [-0.4, -0.2) is 24.3 Å². The third kappa shape index (κ3) is 2.66. The number of carbonyl (C=O) groups excluding carboxylic acids is 2. The Morgan fingerprint density at radius 3 is 2.85 bits per heavy atom. The second-order valence-corrected chi connectivity index (χ2v) is 2.45. The van der Waals surface area contributed by atoms with Crippen molar-refractivity contribution < 1.29 is 14.3 Å². The van der Waals surface area contributed by atoms with Gasteiger partial charge in [0.15, 0.2) is 6.29 Å². The van der Waals surface area contributed by atoms with E-state index in [1.165, 1.54) is 13.3 Å². The lowest BCUT2D eigenvalue weighted by Crippen LogP contribution is -2.05. The van der Waals surface area contributed by atoms with Crippen molar-refractivity contribution in [3.05, 3.63) is 29.6 Å². The SMILES string of the molecule is COC(=O)Cc1ccc(C=O)cn1. The normalized spacial score (nSPS) is 9.31. The zero-order valence-corrected chi connectivity index (χ0v) is 7.19. The summed E-state index contributed by atoms with van der Waals surface area (Å²) in [5.74, 6) is -0.341. The zero-order chi connectivity index (χ0) is 9.68. The molecule has 1 aromatic rings. The first kappa shape index (κ1) is 9.38. The van der Waals surface area contributed by atoms with Crippen molar-refractivity contribution in [3.63, 3.8) is 0 Å². The Hall–Kier alpha value is -1.71. The van der Waals surface area contributed by atoms with E-state index in [1.807, 2.05) is 0 Å². The van der Waals surface area contributed by atoms with E-state index in [0.29, 0.717) is 17.5 Å². The fourth-order valence-electron chi connectivity index (χ4n) is 0.830. The van der Waals surface area contributed by atoms with Gasteiger partial charge in [0.2, 0.25) is 0 Å². The molecular formula is C9H9NO3. The highest BCUT2D eigenvalue weighted by Gasteiger charge is 2.03. The zero-order valence-electron chi connectivity index (χ0n) is 7.19. The average Bonchev–Trinajstić information content (AvgIpc) is 2.19. The van der Waals surface area contributed by atoms with Gasteiger partial charge in [0, 0.05) is 11.8 Å². The van der Waals surface area contributed by atoms with Gasteiger partial charge < -0.3 is 4.74 Å². The van der Waals surface area contributed by atoms with Crippen LogP contribution in [0, 0.1) is 0 Å². The molecule has 0 unspecified atom stereocenters. The minimum absolute atomic E-state index is 0.135. The molecule has 1 rings (SSSR count). The lowest BCUT2D eigenvalue weighted by atomic mass is 10.2. The molecule has 68 valence electrons. The predicted molar refractivity (Wildman–Crippen MR) is 45.3 cm³/mol. The van der Waals surface area contributed by atoms with Crippen molar-refractivity contribution in [1.82, 2.24) is 4.98 Å². The molecule has 0 aliphatic carbocycles. The van der Waals surface area contributed by atoms with Crippen LogP contribution in [0.2, 0.25) is 0 Å². The van der Waals surface area contributed by atoms with Gasteiger partial charge in [0.25, 0.3) is 0 Å². The molecule has 0 aromatic carbocycles. The molecule has 0 N–H and O–H groups in total. The number of aromatic nitrogens is 1. The average molecular weight is 179 g/mol. The van der Waals surface area contributed by atoms with Gasteiger partial charge in [-0.2, -0.15) is 0 Å². The maximum atomic E-state index is 10.8. The smallest absolute Gasteiger partial charge is 0.311 e. The third-order valence-electron chi connectivity index (χ3n) is 1.54. The summed E-state index contributed by atoms with van der Waals surface area (Å²) in [5, 5.41) is 0. The van der Waals surface area contributed by atoms with Crippen molar-refractivity contribution in [2.45, 2.75) is 6.42 Å². The number of nitrogens with zero attached hydrogens (tertiary/aromatic N) is 1. The molecule has 0 fully saturated rings. The number of rotatable bonds is 3. The van der Waals surface area contributed by atoms with Crippen LogP contribution in [0.4, 0.5) is 0 Å². The van der Waals surface area contributed by atoms with Crippen LogP contribution in [0.1, 0.15) is 16.1 Å². The predicted octanol–water partition coefficient (Wildman–Crippen LogP) is 0.610. The Balaban J connectivity index is 2.69. The van der Waals surface area contributed by atoms with Gasteiger partial charge in [-0.3, -0.25) is 14.6 Å². The summed E-state index contributed by atoms with van der Waals surface area (Å²) >= 11 is 0. The summed E-state index contributed by atoms with van der Waals surface area (Å²) in [6, 6.07) is 3.24. The van der Waals surface area contributed by atoms with Crippen LogP contribution in [-0.2, 0) is 16.0 Å². The summed E-state index contributed by atoms with van der Waals surface area (Å²) in [6.07, 6.45) is 2.26. The summed E-state index contributed by atoms with van der Waals surface area (Å²) in [7, 11) is 1.32. The van der Waals surface area contributed by atoms with Crippen molar-refractivity contribution in [3.8, 4) is 0 Å². The monoisotopic (exact) mass is 179 g/mol. The first-order valence-electron chi connectivity index (χ1n) is 3.73. The summed E-state index contributed by atoms with van der Waals surface area (Å²) < 4.78 is 4.46. The molecule has 0 saturated carbocycles. The van der Waals surface area contributed by atoms with E-state index in [4.69, 9.17) is 0 Å². The molecule has 0 bridgehead atoms. The molecule has 0 saturated heterocycles. The van der Waals surface area contributed by atoms with Crippen molar-refractivity contribution >= 4 is 12.3 Å². The van der Waals surface area contributed by atoms with E-state index in [1.54, 1.807) is 12.1 Å². The van der Waals surface area contributed by atoms with Gasteiger partial charge in [-0.05, 0) is 12.1 Å². The Morgan fingerprint density at radius 1 is 1.62 bits per heavy atom. The number of esters is 1. The molecule has 0 aliphatic rings. The second kappa shape index (κ2) is 4.35. The number of aldehydes is 1. The minimum atomic E-state index is -0.341. The quantitative estimate of drug-likeness (QED) is 0.504. The van der Waals surface area contributed by atoms with E-state index in [0.717, 1.165) is 0 Å². The largest absolute Gasteiger partial charge is 0.469 e. The van der Waals surface area contributed by atoms with Crippen LogP contribution >= 0.6 is 0 Å². The Kier molecular flexibility index (Phi) is 3.14. The minimum Gasteiger partial charge on any atom is -0.469 e. The molecule has 1 aromatic heterocycles. The maximum Gasteiger partial charge on any atom is 0.311 e. The standard InChI is InChI=1S/C9H9NO3/c1-13-9(12)4-8-3-2-7(6-11)5-10-8/h2-3,5-6H,4H2,1H3. The highest BCUT2D eigenvalue weighted by atomic mass is 16.5. The fraction of sp³-hybridized carbons (Fsp3) is 0.222. The molecule has 1 heterocycles. The lowest BCUT2D eigenvalue weighted by Gasteiger charge is -1.98. The number of methoxy groups -OCH3 is 1. The van der Waals surface area contributed by atoms with Crippen molar-refractivity contribution in [1.29, 1.82) is 0 Å². The molecular weight excluding hydrogens is 170 g/mol. The van der Waals surface area contributed by atoms with Gasteiger partial charge in [0.05, 0.1) is 19.2 Å². The summed E-state index contributed by atoms with van der Waals surface area (Å²) in [4.78, 5) is 25.0. The fourth-order valence-corrected chi connectivity index (χ4v) is 0.830. The van der Waals surface area contributed by atoms with Gasteiger partial charge >= 0.3 is 5.97 Å². The van der Waals surface area contributed by atoms with Crippen LogP contribution in [0.5, 0.6) is 0 Å².